The Morgan fingerprint density at radius 1 is 1.20 bits per heavy atom. The van der Waals surface area contributed by atoms with Crippen molar-refractivity contribution in [1.82, 2.24) is 0 Å². The minimum Gasteiger partial charge on any atom is -0.398 e. The lowest BCUT2D eigenvalue weighted by Crippen LogP contribution is -2.14. The van der Waals surface area contributed by atoms with Gasteiger partial charge in [-0.1, -0.05) is 27.5 Å². The molecule has 2 rings (SSSR count). The van der Waals surface area contributed by atoms with Gasteiger partial charge in [0.2, 0.25) is 0 Å². The smallest absolute Gasteiger partial charge is 0.263 e. The van der Waals surface area contributed by atoms with E-state index in [-0.39, 0.29) is 21.3 Å². The Kier molecular flexibility index (Phi) is 4.22. The zero-order valence-electron chi connectivity index (χ0n) is 9.90. The number of nitrogens with one attached hydrogen (secondary N) is 1. The van der Waals surface area contributed by atoms with Crippen molar-refractivity contribution in [2.24, 2.45) is 0 Å². The van der Waals surface area contributed by atoms with Crippen LogP contribution in [0.4, 0.5) is 15.8 Å². The molecular formula is C12H9BrClFN2O2S. The molecule has 0 aliphatic rings. The van der Waals surface area contributed by atoms with Crippen LogP contribution in [-0.4, -0.2) is 8.42 Å². The van der Waals surface area contributed by atoms with Gasteiger partial charge in [-0.15, -0.1) is 0 Å². The largest absolute Gasteiger partial charge is 0.398 e. The van der Waals surface area contributed by atoms with E-state index in [2.05, 4.69) is 20.7 Å². The lowest BCUT2D eigenvalue weighted by Gasteiger charge is -2.10. The fraction of sp³-hybridized carbons (Fsp3) is 0. The molecule has 2 aromatic carbocycles. The summed E-state index contributed by atoms with van der Waals surface area (Å²) >= 11 is 8.72. The molecule has 0 spiro atoms. The van der Waals surface area contributed by atoms with E-state index >= 15 is 0 Å². The molecule has 0 aromatic heterocycles. The maximum atomic E-state index is 13.3. The number of rotatable bonds is 3. The molecule has 4 nitrogen and oxygen atoms in total. The number of hydrogen-bond acceptors (Lipinski definition) is 3. The van der Waals surface area contributed by atoms with Crippen LogP contribution in [0.25, 0.3) is 0 Å². The van der Waals surface area contributed by atoms with Crippen molar-refractivity contribution in [1.29, 1.82) is 0 Å². The maximum Gasteiger partial charge on any atom is 0.263 e. The molecule has 0 aliphatic heterocycles. The summed E-state index contributed by atoms with van der Waals surface area (Å²) in [4.78, 5) is -0.0870. The number of nitrogen functional groups attached to an aromatic ring is 1. The molecule has 106 valence electrons. The summed E-state index contributed by atoms with van der Waals surface area (Å²) in [5.74, 6) is -0.712. The van der Waals surface area contributed by atoms with Gasteiger partial charge in [0.15, 0.2) is 0 Å². The van der Waals surface area contributed by atoms with Gasteiger partial charge in [-0.25, -0.2) is 12.8 Å². The van der Waals surface area contributed by atoms with Gasteiger partial charge in [-0.2, -0.15) is 0 Å². The van der Waals surface area contributed by atoms with E-state index in [9.17, 15) is 12.8 Å². The first kappa shape index (κ1) is 15.1. The molecular weight excluding hydrogens is 371 g/mol. The number of halogens is 3. The van der Waals surface area contributed by atoms with E-state index in [4.69, 9.17) is 17.3 Å². The third-order valence-electron chi connectivity index (χ3n) is 2.43. The first-order valence-corrected chi connectivity index (χ1v) is 7.98. The second-order valence-electron chi connectivity index (χ2n) is 3.92. The van der Waals surface area contributed by atoms with Gasteiger partial charge in [-0.3, -0.25) is 4.72 Å². The average Bonchev–Trinajstić information content (AvgIpc) is 2.33. The molecule has 0 fully saturated rings. The van der Waals surface area contributed by atoms with Gasteiger partial charge in [-0.05, 0) is 36.4 Å². The number of nitrogens with two attached hydrogens (primary N) is 1. The highest BCUT2D eigenvalue weighted by atomic mass is 79.9. The Morgan fingerprint density at radius 2 is 1.90 bits per heavy atom. The maximum absolute atomic E-state index is 13.3. The van der Waals surface area contributed by atoms with Crippen molar-refractivity contribution in [2.45, 2.75) is 4.90 Å². The van der Waals surface area contributed by atoms with Crippen LogP contribution in [0.2, 0.25) is 5.02 Å². The lowest BCUT2D eigenvalue weighted by atomic mass is 10.3. The molecule has 0 radical (unpaired) electrons. The molecule has 2 aromatic rings. The van der Waals surface area contributed by atoms with E-state index in [0.29, 0.717) is 4.47 Å². The Hall–Kier alpha value is -1.31. The Balaban J connectivity index is 2.38. The SMILES string of the molecule is Nc1cc(Br)ccc1S(=O)(=O)Nc1ccc(Cl)c(F)c1. The van der Waals surface area contributed by atoms with E-state index < -0.39 is 15.8 Å². The second kappa shape index (κ2) is 5.59. The standard InChI is InChI=1S/C12H9BrClFN2O2S/c13-7-1-4-12(11(16)5-7)20(18,19)17-8-2-3-9(14)10(15)6-8/h1-6,17H,16H2. The topological polar surface area (TPSA) is 72.2 Å². The van der Waals surface area contributed by atoms with Gasteiger partial charge >= 0.3 is 0 Å². The van der Waals surface area contributed by atoms with Crippen molar-refractivity contribution >= 4 is 48.9 Å². The van der Waals surface area contributed by atoms with E-state index in [1.807, 2.05) is 0 Å². The third kappa shape index (κ3) is 3.23. The molecule has 0 aliphatic carbocycles. The zero-order valence-corrected chi connectivity index (χ0v) is 13.1. The minimum absolute atomic E-state index is 0.0641. The summed E-state index contributed by atoms with van der Waals surface area (Å²) in [6, 6.07) is 7.99. The summed E-state index contributed by atoms with van der Waals surface area (Å²) in [6.45, 7) is 0. The number of sulfonamides is 1. The van der Waals surface area contributed by atoms with Crippen LogP contribution in [0, 0.1) is 5.82 Å². The van der Waals surface area contributed by atoms with E-state index in [1.54, 1.807) is 6.07 Å². The van der Waals surface area contributed by atoms with Gasteiger partial charge in [0.25, 0.3) is 10.0 Å². The predicted molar refractivity (Wildman–Crippen MR) is 80.8 cm³/mol. The van der Waals surface area contributed by atoms with Crippen molar-refractivity contribution < 1.29 is 12.8 Å². The Morgan fingerprint density at radius 3 is 2.50 bits per heavy atom. The van der Waals surface area contributed by atoms with Crippen molar-refractivity contribution in [2.75, 3.05) is 10.5 Å². The quantitative estimate of drug-likeness (QED) is 0.800. The fourth-order valence-corrected chi connectivity index (χ4v) is 3.19. The number of hydrogen-bond donors (Lipinski definition) is 2. The Bertz CT molecular complexity index is 768. The summed E-state index contributed by atoms with van der Waals surface area (Å²) in [5, 5.41) is -0.0869. The summed E-state index contributed by atoms with van der Waals surface area (Å²) in [7, 11) is -3.90. The molecule has 0 bridgehead atoms. The molecule has 0 saturated carbocycles. The summed E-state index contributed by atoms with van der Waals surface area (Å²) in [5.41, 5.74) is 5.82. The first-order valence-electron chi connectivity index (χ1n) is 5.32. The predicted octanol–water partition coefficient (Wildman–Crippen LogP) is 3.62. The third-order valence-corrected chi connectivity index (χ3v) is 4.69. The summed E-state index contributed by atoms with van der Waals surface area (Å²) in [6.07, 6.45) is 0. The Labute approximate surface area is 128 Å². The van der Waals surface area contributed by atoms with Crippen molar-refractivity contribution in [3.63, 3.8) is 0 Å². The van der Waals surface area contributed by atoms with Crippen LogP contribution in [0.15, 0.2) is 45.8 Å². The van der Waals surface area contributed by atoms with Gasteiger partial charge in [0.1, 0.15) is 10.7 Å². The molecule has 0 heterocycles. The minimum atomic E-state index is -3.90. The zero-order chi connectivity index (χ0) is 14.9. The molecule has 3 N–H and O–H groups in total. The molecule has 0 unspecified atom stereocenters. The van der Waals surface area contributed by atoms with Crippen LogP contribution in [0.5, 0.6) is 0 Å². The number of anilines is 2. The van der Waals surface area contributed by atoms with Crippen molar-refractivity contribution in [3.8, 4) is 0 Å². The highest BCUT2D eigenvalue weighted by Crippen LogP contribution is 2.26. The van der Waals surface area contributed by atoms with Crippen LogP contribution in [0.1, 0.15) is 0 Å². The first-order chi connectivity index (χ1) is 9.29. The lowest BCUT2D eigenvalue weighted by molar-refractivity contribution is 0.601. The monoisotopic (exact) mass is 378 g/mol. The highest BCUT2D eigenvalue weighted by molar-refractivity contribution is 9.10. The van der Waals surface area contributed by atoms with Crippen LogP contribution >= 0.6 is 27.5 Å². The summed E-state index contributed by atoms with van der Waals surface area (Å²) < 4.78 is 40.5. The fourth-order valence-electron chi connectivity index (χ4n) is 1.53. The van der Waals surface area contributed by atoms with Gasteiger partial charge in [0.05, 0.1) is 16.4 Å². The molecule has 0 amide bonds. The van der Waals surface area contributed by atoms with Crippen LogP contribution in [-0.2, 0) is 10.0 Å². The van der Waals surface area contributed by atoms with E-state index in [1.165, 1.54) is 24.3 Å². The average molecular weight is 380 g/mol. The van der Waals surface area contributed by atoms with Crippen LogP contribution in [0.3, 0.4) is 0 Å². The molecule has 0 atom stereocenters. The molecule has 0 saturated heterocycles. The van der Waals surface area contributed by atoms with Crippen LogP contribution < -0.4 is 10.5 Å². The van der Waals surface area contributed by atoms with Crippen molar-refractivity contribution in [3.05, 3.63) is 51.7 Å². The highest BCUT2D eigenvalue weighted by Gasteiger charge is 2.18. The van der Waals surface area contributed by atoms with Gasteiger partial charge in [0, 0.05) is 4.47 Å². The second-order valence-corrected chi connectivity index (χ2v) is 6.89. The molecule has 8 heteroatoms. The normalized spacial score (nSPS) is 11.3. The number of benzene rings is 2. The molecule has 20 heavy (non-hydrogen) atoms. The van der Waals surface area contributed by atoms with Gasteiger partial charge < -0.3 is 5.73 Å². The van der Waals surface area contributed by atoms with E-state index in [0.717, 1.165) is 6.07 Å².